The molecule has 4 rings (SSSR count). The molecule has 4 aromatic rings. The van der Waals surface area contributed by atoms with Gasteiger partial charge in [0.2, 0.25) is 0 Å². The van der Waals surface area contributed by atoms with Crippen molar-refractivity contribution in [2.75, 3.05) is 0 Å². The van der Waals surface area contributed by atoms with Crippen LogP contribution in [-0.4, -0.2) is 0 Å². The van der Waals surface area contributed by atoms with Gasteiger partial charge in [0.25, 0.3) is 0 Å². The molecular formula is C20H17ClN2OS. The fraction of sp³-hybridized carbons (Fsp3) is 0. The van der Waals surface area contributed by atoms with Crippen LogP contribution in [0.5, 0.6) is 0 Å². The highest BCUT2D eigenvalue weighted by Crippen LogP contribution is 2.23. The summed E-state index contributed by atoms with van der Waals surface area (Å²) in [5.41, 5.74) is 0.854. The van der Waals surface area contributed by atoms with Crippen LogP contribution in [0.2, 0.25) is 0 Å². The monoisotopic (exact) mass is 368 g/mol. The first kappa shape index (κ1) is 20.3. The van der Waals surface area contributed by atoms with Gasteiger partial charge in [-0.1, -0.05) is 42.5 Å². The van der Waals surface area contributed by atoms with E-state index in [1.165, 1.54) is 0 Å². The van der Waals surface area contributed by atoms with E-state index in [2.05, 4.69) is 0 Å². The Hall–Kier alpha value is -2.71. The lowest BCUT2D eigenvalue weighted by Crippen LogP contribution is -1.99. The Morgan fingerprint density at radius 2 is 1.16 bits per heavy atom. The van der Waals surface area contributed by atoms with Crippen molar-refractivity contribution in [3.8, 4) is 6.07 Å². The zero-order valence-corrected chi connectivity index (χ0v) is 15.0. The molecule has 0 unspecified atom stereocenters. The van der Waals surface area contributed by atoms with Gasteiger partial charge < -0.3 is 6.15 Å². The maximum atomic E-state index is 12.1. The predicted octanol–water partition coefficient (Wildman–Crippen LogP) is 5.56. The van der Waals surface area contributed by atoms with Gasteiger partial charge in [0.1, 0.15) is 0 Å². The third kappa shape index (κ3) is 4.65. The quantitative estimate of drug-likeness (QED) is 0.413. The molecule has 1 aromatic heterocycles. The minimum atomic E-state index is 0. The molecule has 0 aliphatic heterocycles. The Labute approximate surface area is 156 Å². The third-order valence-corrected chi connectivity index (χ3v) is 4.54. The van der Waals surface area contributed by atoms with Crippen LogP contribution < -0.4 is 11.6 Å². The van der Waals surface area contributed by atoms with Gasteiger partial charge in [-0.2, -0.15) is 5.26 Å². The van der Waals surface area contributed by atoms with Crippen molar-refractivity contribution in [2.24, 2.45) is 0 Å². The van der Waals surface area contributed by atoms with E-state index in [0.29, 0.717) is 5.56 Å². The van der Waals surface area contributed by atoms with E-state index < -0.39 is 0 Å². The molecule has 0 amide bonds. The SMILES string of the molecule is Cl.N.N#Cc1ccccc1.O=c1c2ccccc2sc2ccccc12. The molecule has 3 nitrogen and oxygen atoms in total. The second kappa shape index (κ2) is 9.55. The van der Waals surface area contributed by atoms with Crippen molar-refractivity contribution in [2.45, 2.75) is 0 Å². The van der Waals surface area contributed by atoms with E-state index in [4.69, 9.17) is 5.26 Å². The summed E-state index contributed by atoms with van der Waals surface area (Å²) in [5, 5.41) is 9.93. The molecule has 0 aliphatic rings. The topological polar surface area (TPSA) is 75.9 Å². The number of hydrogen-bond acceptors (Lipinski definition) is 4. The highest BCUT2D eigenvalue weighted by Gasteiger charge is 2.03. The molecule has 0 fully saturated rings. The summed E-state index contributed by atoms with van der Waals surface area (Å²) in [5.74, 6) is 0. The van der Waals surface area contributed by atoms with Gasteiger partial charge in [-0.25, -0.2) is 0 Å². The average Bonchev–Trinajstić information content (AvgIpc) is 2.63. The zero-order chi connectivity index (χ0) is 16.1. The predicted molar refractivity (Wildman–Crippen MR) is 109 cm³/mol. The van der Waals surface area contributed by atoms with Crippen LogP contribution in [0.4, 0.5) is 0 Å². The lowest BCUT2D eigenvalue weighted by Gasteiger charge is -1.99. The highest BCUT2D eigenvalue weighted by atomic mass is 35.5. The lowest BCUT2D eigenvalue weighted by molar-refractivity contribution is 1.49. The first-order chi connectivity index (χ1) is 11.3. The van der Waals surface area contributed by atoms with Crippen LogP contribution in [0, 0.1) is 11.3 Å². The molecule has 3 N–H and O–H groups in total. The van der Waals surface area contributed by atoms with Crippen LogP contribution in [-0.2, 0) is 0 Å². The molecule has 25 heavy (non-hydrogen) atoms. The first-order valence-electron chi connectivity index (χ1n) is 7.15. The van der Waals surface area contributed by atoms with Gasteiger partial charge >= 0.3 is 0 Å². The summed E-state index contributed by atoms with van der Waals surface area (Å²) >= 11 is 1.67. The van der Waals surface area contributed by atoms with E-state index >= 15 is 0 Å². The van der Waals surface area contributed by atoms with Gasteiger partial charge in [0.15, 0.2) is 5.43 Å². The second-order valence-corrected chi connectivity index (χ2v) is 5.99. The van der Waals surface area contributed by atoms with Crippen LogP contribution >= 0.6 is 23.7 Å². The summed E-state index contributed by atoms with van der Waals surface area (Å²) in [6.45, 7) is 0. The summed E-state index contributed by atoms with van der Waals surface area (Å²) in [7, 11) is 0. The average molecular weight is 369 g/mol. The maximum absolute atomic E-state index is 12.1. The fourth-order valence-corrected chi connectivity index (χ4v) is 3.33. The van der Waals surface area contributed by atoms with E-state index in [9.17, 15) is 4.79 Å². The van der Waals surface area contributed by atoms with Crippen molar-refractivity contribution < 1.29 is 0 Å². The van der Waals surface area contributed by atoms with E-state index in [0.717, 1.165) is 20.2 Å². The Morgan fingerprint density at radius 3 is 1.60 bits per heavy atom. The number of fused-ring (bicyclic) bond motifs is 2. The third-order valence-electron chi connectivity index (χ3n) is 3.39. The van der Waals surface area contributed by atoms with E-state index in [1.54, 1.807) is 23.5 Å². The number of nitriles is 1. The second-order valence-electron chi connectivity index (χ2n) is 4.90. The molecule has 0 saturated heterocycles. The normalized spacial score (nSPS) is 9.08. The molecule has 0 atom stereocenters. The molecule has 3 aromatic carbocycles. The van der Waals surface area contributed by atoms with Gasteiger partial charge in [-0.15, -0.1) is 23.7 Å². The van der Waals surface area contributed by atoms with Crippen molar-refractivity contribution >= 4 is 43.9 Å². The van der Waals surface area contributed by atoms with Crippen molar-refractivity contribution in [3.05, 3.63) is 94.6 Å². The van der Waals surface area contributed by atoms with Gasteiger partial charge in [0.05, 0.1) is 11.6 Å². The summed E-state index contributed by atoms with van der Waals surface area (Å²) in [4.78, 5) is 12.1. The number of nitrogens with zero attached hydrogens (tertiary/aromatic N) is 1. The Morgan fingerprint density at radius 1 is 0.720 bits per heavy atom. The molecule has 0 saturated carbocycles. The number of benzene rings is 3. The Balaban J connectivity index is 0.000000271. The number of hydrogen-bond donors (Lipinski definition) is 1. The molecular weight excluding hydrogens is 352 g/mol. The molecule has 5 heteroatoms. The van der Waals surface area contributed by atoms with Crippen LogP contribution in [0.25, 0.3) is 20.2 Å². The molecule has 0 spiro atoms. The van der Waals surface area contributed by atoms with Gasteiger partial charge in [0, 0.05) is 20.2 Å². The van der Waals surface area contributed by atoms with Crippen LogP contribution in [0.15, 0.2) is 83.7 Å². The fourth-order valence-electron chi connectivity index (χ4n) is 2.26. The summed E-state index contributed by atoms with van der Waals surface area (Å²) in [6, 6.07) is 26.7. The summed E-state index contributed by atoms with van der Waals surface area (Å²) < 4.78 is 2.11. The molecule has 126 valence electrons. The number of halogens is 1. The van der Waals surface area contributed by atoms with E-state index in [1.807, 2.05) is 72.8 Å². The first-order valence-corrected chi connectivity index (χ1v) is 7.97. The van der Waals surface area contributed by atoms with Gasteiger partial charge in [-0.3, -0.25) is 4.79 Å². The van der Waals surface area contributed by atoms with Crippen LogP contribution in [0.3, 0.4) is 0 Å². The Bertz CT molecular complexity index is 999. The number of rotatable bonds is 0. The molecule has 0 bridgehead atoms. The summed E-state index contributed by atoms with van der Waals surface area (Å²) in [6.07, 6.45) is 0. The standard InChI is InChI=1S/C13H8OS.C7H5N.ClH.H3N/c14-13-9-5-1-3-7-11(9)15-12-8-4-2-6-10(12)13;8-6-7-4-2-1-3-5-7;;/h1-8H;1-5H;1H;1H3. The molecule has 1 heterocycles. The Kier molecular flexibility index (Phi) is 7.77. The van der Waals surface area contributed by atoms with Crippen molar-refractivity contribution in [1.29, 1.82) is 5.26 Å². The molecule has 0 radical (unpaired) electrons. The van der Waals surface area contributed by atoms with E-state index in [-0.39, 0.29) is 24.0 Å². The smallest absolute Gasteiger partial charge is 0.195 e. The maximum Gasteiger partial charge on any atom is 0.195 e. The minimum Gasteiger partial charge on any atom is -0.344 e. The van der Waals surface area contributed by atoms with Gasteiger partial charge in [-0.05, 0) is 36.4 Å². The zero-order valence-electron chi connectivity index (χ0n) is 13.4. The minimum absolute atomic E-state index is 0. The van der Waals surface area contributed by atoms with Crippen LogP contribution in [0.1, 0.15) is 5.56 Å². The highest BCUT2D eigenvalue weighted by molar-refractivity contribution is 7.24. The van der Waals surface area contributed by atoms with Crippen molar-refractivity contribution in [1.82, 2.24) is 6.15 Å². The molecule has 0 aliphatic carbocycles. The lowest BCUT2D eigenvalue weighted by atomic mass is 10.2. The largest absolute Gasteiger partial charge is 0.344 e. The van der Waals surface area contributed by atoms with Crippen molar-refractivity contribution in [3.63, 3.8) is 0 Å².